The molecule has 1 aliphatic rings. The highest BCUT2D eigenvalue weighted by Crippen LogP contribution is 2.24. The molecule has 26 heavy (non-hydrogen) atoms. The van der Waals surface area contributed by atoms with Crippen molar-refractivity contribution >= 4 is 17.2 Å². The van der Waals surface area contributed by atoms with Crippen LogP contribution in [-0.2, 0) is 0 Å². The number of nitrogens with zero attached hydrogens (tertiary/aromatic N) is 3. The smallest absolute Gasteiger partial charge is 0.273 e. The van der Waals surface area contributed by atoms with Crippen molar-refractivity contribution in [2.75, 3.05) is 13.1 Å². The van der Waals surface area contributed by atoms with Crippen LogP contribution in [0.25, 0.3) is 0 Å². The van der Waals surface area contributed by atoms with Gasteiger partial charge in [0.15, 0.2) is 0 Å². The van der Waals surface area contributed by atoms with Gasteiger partial charge in [-0.05, 0) is 24.3 Å². The predicted molar refractivity (Wildman–Crippen MR) is 97.8 cm³/mol. The first-order valence-corrected chi connectivity index (χ1v) is 9.20. The summed E-state index contributed by atoms with van der Waals surface area (Å²) < 4.78 is 11.5. The van der Waals surface area contributed by atoms with E-state index in [-0.39, 0.29) is 12.0 Å². The van der Waals surface area contributed by atoms with Crippen LogP contribution in [-0.4, -0.2) is 40.0 Å². The Hall–Kier alpha value is -2.93. The van der Waals surface area contributed by atoms with Crippen molar-refractivity contribution in [2.24, 2.45) is 0 Å². The first-order valence-electron chi connectivity index (χ1n) is 8.32. The Labute approximate surface area is 155 Å². The van der Waals surface area contributed by atoms with Crippen molar-refractivity contribution in [2.45, 2.75) is 12.5 Å². The number of thiazole rings is 1. The molecule has 4 rings (SSSR count). The molecule has 7 heteroatoms. The van der Waals surface area contributed by atoms with Gasteiger partial charge in [0.05, 0.1) is 6.54 Å². The fraction of sp³-hybridized carbons (Fsp3) is 0.211. The second-order valence-electron chi connectivity index (χ2n) is 5.88. The zero-order valence-electron chi connectivity index (χ0n) is 13.9. The van der Waals surface area contributed by atoms with Gasteiger partial charge < -0.3 is 14.4 Å². The average molecular weight is 367 g/mol. The minimum Gasteiger partial charge on any atom is -0.465 e. The summed E-state index contributed by atoms with van der Waals surface area (Å²) in [6.45, 7) is 1.23. The Morgan fingerprint density at radius 1 is 1.15 bits per heavy atom. The lowest BCUT2D eigenvalue weighted by molar-refractivity contribution is 0.0772. The fourth-order valence-corrected chi connectivity index (χ4v) is 3.37. The summed E-state index contributed by atoms with van der Waals surface area (Å²) in [4.78, 5) is 22.9. The van der Waals surface area contributed by atoms with E-state index in [9.17, 15) is 4.79 Å². The highest BCUT2D eigenvalue weighted by atomic mass is 32.1. The third kappa shape index (κ3) is 3.83. The maximum absolute atomic E-state index is 12.8. The molecule has 1 fully saturated rings. The monoisotopic (exact) mass is 367 g/mol. The number of rotatable bonds is 5. The topological polar surface area (TPSA) is 64.5 Å². The Morgan fingerprint density at radius 2 is 2.12 bits per heavy atom. The summed E-state index contributed by atoms with van der Waals surface area (Å²) in [6.07, 6.45) is 4.16. The predicted octanol–water partition coefficient (Wildman–Crippen LogP) is 3.62. The number of ether oxygens (including phenoxy) is 2. The second kappa shape index (κ2) is 7.53. The van der Waals surface area contributed by atoms with Crippen molar-refractivity contribution in [1.82, 2.24) is 14.9 Å². The number of pyridine rings is 1. The molecule has 0 N–H and O–H groups in total. The molecule has 0 saturated carbocycles. The molecule has 0 aliphatic carbocycles. The summed E-state index contributed by atoms with van der Waals surface area (Å²) in [7, 11) is 0. The molecule has 132 valence electrons. The number of carbonyl (C=O) groups excluding carboxylic acids is 1. The number of carbonyl (C=O) groups is 1. The van der Waals surface area contributed by atoms with E-state index < -0.39 is 0 Å². The van der Waals surface area contributed by atoms with Crippen LogP contribution in [0.3, 0.4) is 0 Å². The lowest BCUT2D eigenvalue weighted by Crippen LogP contribution is -2.30. The number of hydrogen-bond donors (Lipinski definition) is 0. The van der Waals surface area contributed by atoms with E-state index >= 15 is 0 Å². The van der Waals surface area contributed by atoms with E-state index in [0.717, 1.165) is 6.42 Å². The van der Waals surface area contributed by atoms with Gasteiger partial charge in [-0.1, -0.05) is 23.5 Å². The van der Waals surface area contributed by atoms with Crippen molar-refractivity contribution in [3.8, 4) is 16.8 Å². The maximum atomic E-state index is 12.8. The number of amides is 1. The lowest BCUT2D eigenvalue weighted by Gasteiger charge is -2.17. The zero-order valence-corrected chi connectivity index (χ0v) is 14.8. The quantitative estimate of drug-likeness (QED) is 0.689. The first-order chi connectivity index (χ1) is 12.8. The van der Waals surface area contributed by atoms with Crippen molar-refractivity contribution < 1.29 is 14.3 Å². The number of benzene rings is 1. The Morgan fingerprint density at radius 3 is 2.92 bits per heavy atom. The third-order valence-corrected chi connectivity index (χ3v) is 4.71. The normalized spacial score (nSPS) is 16.5. The van der Waals surface area contributed by atoms with Crippen LogP contribution in [0.5, 0.6) is 16.8 Å². The van der Waals surface area contributed by atoms with Crippen molar-refractivity contribution in [3.63, 3.8) is 0 Å². The van der Waals surface area contributed by atoms with Gasteiger partial charge in [0.1, 0.15) is 11.9 Å². The fourth-order valence-electron chi connectivity index (χ4n) is 2.82. The van der Waals surface area contributed by atoms with Crippen LogP contribution in [0.2, 0.25) is 0 Å². The standard InChI is InChI=1S/C19H17N3O3S/c23-18(22-10-7-16(13-22)25-19-21-9-11-26-19)14-4-3-5-15(12-14)24-17-6-1-2-8-20-17/h1-6,8-9,11-12,16H,7,10,13H2. The van der Waals surface area contributed by atoms with E-state index in [1.807, 2.05) is 29.6 Å². The summed E-state index contributed by atoms with van der Waals surface area (Å²) >= 11 is 1.46. The van der Waals surface area contributed by atoms with Gasteiger partial charge in [0.25, 0.3) is 11.1 Å². The molecule has 6 nitrogen and oxygen atoms in total. The number of aromatic nitrogens is 2. The van der Waals surface area contributed by atoms with E-state index in [0.29, 0.717) is 35.5 Å². The largest absolute Gasteiger partial charge is 0.465 e. The SMILES string of the molecule is O=C(c1cccc(Oc2ccccn2)c1)N1CCC(Oc2nccs2)C1. The Balaban J connectivity index is 1.41. The van der Waals surface area contributed by atoms with E-state index in [2.05, 4.69) is 9.97 Å². The molecule has 0 bridgehead atoms. The van der Waals surface area contributed by atoms with Crippen molar-refractivity contribution in [3.05, 3.63) is 65.8 Å². The maximum Gasteiger partial charge on any atom is 0.273 e. The molecule has 1 saturated heterocycles. The molecule has 3 aromatic rings. The van der Waals surface area contributed by atoms with Crippen LogP contribution in [0.1, 0.15) is 16.8 Å². The van der Waals surface area contributed by atoms with Crippen LogP contribution in [0.15, 0.2) is 60.2 Å². The minimum atomic E-state index is -0.0262. The summed E-state index contributed by atoms with van der Waals surface area (Å²) in [5, 5.41) is 2.52. The Bertz CT molecular complexity index is 871. The highest BCUT2D eigenvalue weighted by Gasteiger charge is 2.29. The van der Waals surface area contributed by atoms with Gasteiger partial charge in [0.2, 0.25) is 5.88 Å². The second-order valence-corrected chi connectivity index (χ2v) is 6.73. The van der Waals surface area contributed by atoms with Gasteiger partial charge >= 0.3 is 0 Å². The van der Waals surface area contributed by atoms with Gasteiger partial charge in [-0.25, -0.2) is 9.97 Å². The third-order valence-electron chi connectivity index (χ3n) is 4.05. The van der Waals surface area contributed by atoms with Crippen LogP contribution < -0.4 is 9.47 Å². The molecule has 3 heterocycles. The van der Waals surface area contributed by atoms with Crippen molar-refractivity contribution in [1.29, 1.82) is 0 Å². The van der Waals surface area contributed by atoms with Crippen LogP contribution >= 0.6 is 11.3 Å². The summed E-state index contributed by atoms with van der Waals surface area (Å²) in [6, 6.07) is 12.6. The van der Waals surface area contributed by atoms with Gasteiger partial charge in [-0.15, -0.1) is 0 Å². The molecule has 1 aromatic carbocycles. The first kappa shape index (κ1) is 16.5. The molecule has 0 spiro atoms. The highest BCUT2D eigenvalue weighted by molar-refractivity contribution is 7.11. The lowest BCUT2D eigenvalue weighted by atomic mass is 10.2. The molecule has 1 atom stereocenters. The van der Waals surface area contributed by atoms with Gasteiger partial charge in [0, 0.05) is 42.4 Å². The molecule has 1 unspecified atom stereocenters. The number of hydrogen-bond acceptors (Lipinski definition) is 6. The van der Waals surface area contributed by atoms with Gasteiger partial charge in [-0.2, -0.15) is 0 Å². The average Bonchev–Trinajstić information content (AvgIpc) is 3.35. The van der Waals surface area contributed by atoms with E-state index in [4.69, 9.17) is 9.47 Å². The molecule has 0 radical (unpaired) electrons. The van der Waals surface area contributed by atoms with Crippen LogP contribution in [0, 0.1) is 0 Å². The van der Waals surface area contributed by atoms with E-state index in [1.165, 1.54) is 11.3 Å². The van der Waals surface area contributed by atoms with Gasteiger partial charge in [-0.3, -0.25) is 4.79 Å². The molecular weight excluding hydrogens is 350 g/mol. The van der Waals surface area contributed by atoms with E-state index in [1.54, 1.807) is 35.5 Å². The number of likely N-dealkylation sites (tertiary alicyclic amines) is 1. The summed E-state index contributed by atoms with van der Waals surface area (Å²) in [5.74, 6) is 1.06. The molecule has 1 amide bonds. The minimum absolute atomic E-state index is 0.0157. The summed E-state index contributed by atoms with van der Waals surface area (Å²) in [5.41, 5.74) is 0.591. The molecule has 2 aromatic heterocycles. The molecule has 1 aliphatic heterocycles. The molecular formula is C19H17N3O3S. The zero-order chi connectivity index (χ0) is 17.8. The Kier molecular flexibility index (Phi) is 4.79. The van der Waals surface area contributed by atoms with Crippen LogP contribution in [0.4, 0.5) is 0 Å².